The summed E-state index contributed by atoms with van der Waals surface area (Å²) in [5.41, 5.74) is 1.49. The van der Waals surface area contributed by atoms with E-state index in [1.807, 2.05) is 35.2 Å². The summed E-state index contributed by atoms with van der Waals surface area (Å²) in [6.45, 7) is 1.85. The molecule has 3 aliphatic rings. The molecule has 4 nitrogen and oxygen atoms in total. The Kier molecular flexibility index (Phi) is 2.74. The molecule has 3 fully saturated rings. The van der Waals surface area contributed by atoms with Crippen LogP contribution >= 0.6 is 0 Å². The Labute approximate surface area is 119 Å². The molecule has 4 rings (SSSR count). The van der Waals surface area contributed by atoms with Crippen LogP contribution < -0.4 is 0 Å². The fourth-order valence-electron chi connectivity index (χ4n) is 3.70. The van der Waals surface area contributed by atoms with Crippen molar-refractivity contribution in [1.29, 1.82) is 0 Å². The zero-order valence-corrected chi connectivity index (χ0v) is 11.6. The first-order valence-electron chi connectivity index (χ1n) is 7.57. The van der Waals surface area contributed by atoms with Gasteiger partial charge in [0.15, 0.2) is 0 Å². The average molecular weight is 272 g/mol. The first-order valence-corrected chi connectivity index (χ1v) is 7.57. The van der Waals surface area contributed by atoms with E-state index in [9.17, 15) is 4.79 Å². The molecule has 1 aliphatic carbocycles. The molecule has 2 saturated heterocycles. The van der Waals surface area contributed by atoms with Crippen LogP contribution in [0, 0.1) is 5.41 Å². The van der Waals surface area contributed by atoms with Crippen molar-refractivity contribution in [2.75, 3.05) is 13.1 Å². The molecule has 1 spiro atoms. The minimum absolute atomic E-state index is 0.0371. The van der Waals surface area contributed by atoms with Gasteiger partial charge in [0.1, 0.15) is 0 Å². The van der Waals surface area contributed by atoms with Crippen LogP contribution in [0.2, 0.25) is 0 Å². The first-order chi connectivity index (χ1) is 9.77. The van der Waals surface area contributed by atoms with Crippen molar-refractivity contribution in [1.82, 2.24) is 9.96 Å². The summed E-state index contributed by atoms with van der Waals surface area (Å²) in [4.78, 5) is 19.7. The first kappa shape index (κ1) is 12.2. The van der Waals surface area contributed by atoms with Crippen LogP contribution in [0.15, 0.2) is 30.3 Å². The molecule has 0 bridgehead atoms. The lowest BCUT2D eigenvalue weighted by Crippen LogP contribution is -2.60. The number of carbonyl (C=O) groups is 1. The zero-order chi connectivity index (χ0) is 13.6. The number of urea groups is 1. The van der Waals surface area contributed by atoms with Gasteiger partial charge in [-0.2, -0.15) is 5.06 Å². The van der Waals surface area contributed by atoms with E-state index in [1.165, 1.54) is 37.2 Å². The topological polar surface area (TPSA) is 35.9 Å². The number of carbonyl (C=O) groups excluding carboxylic acids is 1. The maximum atomic E-state index is 12.3. The largest absolute Gasteiger partial charge is 0.346 e. The summed E-state index contributed by atoms with van der Waals surface area (Å²) in [5.74, 6) is 0. The van der Waals surface area contributed by atoms with E-state index in [2.05, 4.69) is 0 Å². The number of likely N-dealkylation sites (tertiary alicyclic amines) is 1. The van der Waals surface area contributed by atoms with Crippen molar-refractivity contribution in [3.05, 3.63) is 35.9 Å². The summed E-state index contributed by atoms with van der Waals surface area (Å²) >= 11 is 0. The van der Waals surface area contributed by atoms with Gasteiger partial charge in [-0.3, -0.25) is 0 Å². The number of amides is 2. The molecule has 2 heterocycles. The highest BCUT2D eigenvalue weighted by molar-refractivity contribution is 5.76. The van der Waals surface area contributed by atoms with Crippen LogP contribution in [-0.2, 0) is 4.84 Å². The monoisotopic (exact) mass is 272 g/mol. The second-order valence-corrected chi connectivity index (χ2v) is 6.39. The smallest absolute Gasteiger partial charge is 0.322 e. The van der Waals surface area contributed by atoms with Gasteiger partial charge in [-0.1, -0.05) is 49.6 Å². The van der Waals surface area contributed by atoms with Crippen molar-refractivity contribution in [2.45, 2.75) is 38.3 Å². The summed E-state index contributed by atoms with van der Waals surface area (Å²) in [7, 11) is 0. The molecule has 2 aliphatic heterocycles. The molecule has 4 heteroatoms. The standard InChI is InChI=1S/C16H20N2O2/c19-15(17-11-16(12-17)9-5-2-6-10-16)18-14(20-18)13-7-3-1-4-8-13/h1,3-4,7-8,14H,2,5-6,9-12H2. The number of nitrogens with zero attached hydrogens (tertiary/aromatic N) is 2. The molecule has 106 valence electrons. The van der Waals surface area contributed by atoms with Crippen molar-refractivity contribution < 1.29 is 9.63 Å². The minimum Gasteiger partial charge on any atom is -0.322 e. The van der Waals surface area contributed by atoms with Gasteiger partial charge in [0.2, 0.25) is 6.23 Å². The summed E-state index contributed by atoms with van der Waals surface area (Å²) in [5, 5.41) is 1.50. The zero-order valence-electron chi connectivity index (χ0n) is 11.6. The van der Waals surface area contributed by atoms with Crippen molar-refractivity contribution in [3.63, 3.8) is 0 Å². The Morgan fingerprint density at radius 2 is 1.80 bits per heavy atom. The Morgan fingerprint density at radius 3 is 2.50 bits per heavy atom. The summed E-state index contributed by atoms with van der Waals surface area (Å²) in [6, 6.07) is 9.95. The van der Waals surface area contributed by atoms with Crippen LogP contribution in [0.1, 0.15) is 43.9 Å². The van der Waals surface area contributed by atoms with Gasteiger partial charge in [0, 0.05) is 24.1 Å². The Hall–Kier alpha value is -1.55. The van der Waals surface area contributed by atoms with Gasteiger partial charge in [-0.25, -0.2) is 9.63 Å². The Bertz CT molecular complexity index is 502. The molecule has 2 amide bonds. The van der Waals surface area contributed by atoms with Gasteiger partial charge in [0.05, 0.1) is 0 Å². The van der Waals surface area contributed by atoms with Gasteiger partial charge in [-0.05, 0) is 12.8 Å². The van der Waals surface area contributed by atoms with E-state index in [0.717, 1.165) is 18.7 Å². The third kappa shape index (κ3) is 1.99. The SMILES string of the molecule is O=C(N1CC2(CCCCC2)C1)N1OC1c1ccccc1. The number of hydrogen-bond acceptors (Lipinski definition) is 2. The lowest BCUT2D eigenvalue weighted by atomic mass is 9.69. The van der Waals surface area contributed by atoms with Gasteiger partial charge in [-0.15, -0.1) is 0 Å². The molecular weight excluding hydrogens is 252 g/mol. The third-order valence-electron chi connectivity index (χ3n) is 4.89. The van der Waals surface area contributed by atoms with Crippen LogP contribution in [0.5, 0.6) is 0 Å². The molecule has 1 unspecified atom stereocenters. The average Bonchev–Trinajstić information content (AvgIpc) is 3.26. The number of hydrogen-bond donors (Lipinski definition) is 0. The predicted octanol–water partition coefficient (Wildman–Crippen LogP) is 3.32. The fraction of sp³-hybridized carbons (Fsp3) is 0.562. The van der Waals surface area contributed by atoms with Crippen molar-refractivity contribution >= 4 is 6.03 Å². The molecular formula is C16H20N2O2. The second kappa shape index (κ2) is 4.48. The van der Waals surface area contributed by atoms with Crippen molar-refractivity contribution in [2.24, 2.45) is 5.41 Å². The van der Waals surface area contributed by atoms with Crippen LogP contribution in [0.25, 0.3) is 0 Å². The second-order valence-electron chi connectivity index (χ2n) is 6.39. The summed E-state index contributed by atoms with van der Waals surface area (Å²) in [6.07, 6.45) is 6.43. The molecule has 0 radical (unpaired) electrons. The lowest BCUT2D eigenvalue weighted by Gasteiger charge is -2.52. The normalized spacial score (nSPS) is 27.3. The minimum atomic E-state index is -0.174. The highest BCUT2D eigenvalue weighted by Gasteiger charge is 2.51. The molecule has 1 aromatic carbocycles. The number of hydroxylamine groups is 2. The fourth-order valence-corrected chi connectivity index (χ4v) is 3.70. The van der Waals surface area contributed by atoms with E-state index in [1.54, 1.807) is 0 Å². The molecule has 1 aromatic rings. The van der Waals surface area contributed by atoms with E-state index in [4.69, 9.17) is 4.84 Å². The van der Waals surface area contributed by atoms with E-state index in [-0.39, 0.29) is 12.3 Å². The van der Waals surface area contributed by atoms with Crippen LogP contribution in [-0.4, -0.2) is 29.1 Å². The number of rotatable bonds is 1. The quantitative estimate of drug-likeness (QED) is 0.735. The maximum Gasteiger partial charge on any atom is 0.346 e. The van der Waals surface area contributed by atoms with E-state index < -0.39 is 0 Å². The highest BCUT2D eigenvalue weighted by Crippen LogP contribution is 2.46. The molecule has 1 saturated carbocycles. The van der Waals surface area contributed by atoms with E-state index >= 15 is 0 Å². The molecule has 20 heavy (non-hydrogen) atoms. The van der Waals surface area contributed by atoms with Crippen LogP contribution in [0.4, 0.5) is 4.79 Å². The lowest BCUT2D eigenvalue weighted by molar-refractivity contribution is -0.0115. The Balaban J connectivity index is 1.35. The van der Waals surface area contributed by atoms with Gasteiger partial charge in [0.25, 0.3) is 0 Å². The van der Waals surface area contributed by atoms with Crippen molar-refractivity contribution in [3.8, 4) is 0 Å². The highest BCUT2D eigenvalue weighted by atomic mass is 16.8. The summed E-state index contributed by atoms with van der Waals surface area (Å²) < 4.78 is 0. The molecule has 0 N–H and O–H groups in total. The van der Waals surface area contributed by atoms with Crippen LogP contribution in [0.3, 0.4) is 0 Å². The maximum absolute atomic E-state index is 12.3. The van der Waals surface area contributed by atoms with Gasteiger partial charge < -0.3 is 4.90 Å². The predicted molar refractivity (Wildman–Crippen MR) is 74.6 cm³/mol. The Morgan fingerprint density at radius 1 is 1.10 bits per heavy atom. The third-order valence-corrected chi connectivity index (χ3v) is 4.89. The number of benzene rings is 1. The molecule has 0 aromatic heterocycles. The van der Waals surface area contributed by atoms with Gasteiger partial charge >= 0.3 is 6.03 Å². The van der Waals surface area contributed by atoms with E-state index in [0.29, 0.717) is 5.41 Å². The molecule has 1 atom stereocenters.